The zero-order chi connectivity index (χ0) is 20.4. The smallest absolute Gasteiger partial charge is 0.241 e. The van der Waals surface area contributed by atoms with E-state index in [-0.39, 0.29) is 24.8 Å². The fraction of sp³-hybridized carbons (Fsp3) is 0.348. The van der Waals surface area contributed by atoms with E-state index in [0.29, 0.717) is 28.4 Å². The van der Waals surface area contributed by atoms with Gasteiger partial charge >= 0.3 is 0 Å². The second-order valence-electron chi connectivity index (χ2n) is 7.93. The molecule has 4 atom stereocenters. The third-order valence-electron chi connectivity index (χ3n) is 6.70. The molecule has 2 saturated heterocycles. The molecule has 0 aliphatic carbocycles. The van der Waals surface area contributed by atoms with Gasteiger partial charge in [0.15, 0.2) is 0 Å². The zero-order valence-electron chi connectivity index (χ0n) is 16.0. The molecule has 3 heterocycles. The van der Waals surface area contributed by atoms with Crippen LogP contribution in [0.5, 0.6) is 0 Å². The van der Waals surface area contributed by atoms with Crippen LogP contribution in [0.3, 0.4) is 0 Å². The highest BCUT2D eigenvalue weighted by Gasteiger charge is 2.72. The number of nitriles is 1. The fourth-order valence-electron chi connectivity index (χ4n) is 5.38. The first kappa shape index (κ1) is 18.0. The van der Waals surface area contributed by atoms with Gasteiger partial charge in [-0.15, -0.1) is 0 Å². The Balaban J connectivity index is 1.68. The Kier molecular flexibility index (Phi) is 3.73. The Morgan fingerprint density at radius 2 is 1.72 bits per heavy atom. The van der Waals surface area contributed by atoms with Crippen molar-refractivity contribution in [2.75, 3.05) is 11.5 Å². The highest BCUT2D eigenvalue weighted by Crippen LogP contribution is 2.60. The van der Waals surface area contributed by atoms with Crippen LogP contribution in [0.25, 0.3) is 10.8 Å². The number of nitrogens with zero attached hydrogens (tertiary/aromatic N) is 2. The maximum atomic E-state index is 13.6. The molecule has 2 amide bonds. The Morgan fingerprint density at radius 1 is 1.07 bits per heavy atom. The molecule has 0 aromatic heterocycles. The molecule has 6 nitrogen and oxygen atoms in total. The number of aliphatic hydroxyl groups is 1. The average molecular weight is 388 g/mol. The predicted molar refractivity (Wildman–Crippen MR) is 106 cm³/mol. The molecule has 6 heteroatoms. The molecule has 1 unspecified atom stereocenters. The lowest BCUT2D eigenvalue weighted by Gasteiger charge is -2.29. The number of hydrogen-bond acceptors (Lipinski definition) is 5. The number of ether oxygens (including phenoxy) is 1. The van der Waals surface area contributed by atoms with E-state index in [9.17, 15) is 20.0 Å². The van der Waals surface area contributed by atoms with Gasteiger partial charge in [-0.05, 0) is 18.6 Å². The second kappa shape index (κ2) is 5.99. The third kappa shape index (κ3) is 2.12. The van der Waals surface area contributed by atoms with Gasteiger partial charge in [0.1, 0.15) is 5.60 Å². The van der Waals surface area contributed by atoms with E-state index >= 15 is 0 Å². The molecule has 0 saturated carbocycles. The van der Waals surface area contributed by atoms with Gasteiger partial charge in [0.25, 0.3) is 0 Å². The van der Waals surface area contributed by atoms with Crippen LogP contribution in [0.2, 0.25) is 0 Å². The summed E-state index contributed by atoms with van der Waals surface area (Å²) in [6.45, 7) is 1.81. The Morgan fingerprint density at radius 3 is 2.38 bits per heavy atom. The number of imide groups is 1. The first-order chi connectivity index (χ1) is 14.0. The predicted octanol–water partition coefficient (Wildman–Crippen LogP) is 2.69. The minimum Gasteiger partial charge on any atom is -0.396 e. The Hall–Kier alpha value is -3.01. The summed E-state index contributed by atoms with van der Waals surface area (Å²) in [5.74, 6) is -1.84. The number of carbonyl (C=O) groups excluding carboxylic acids is 2. The highest BCUT2D eigenvalue weighted by atomic mass is 16.5. The zero-order valence-corrected chi connectivity index (χ0v) is 16.0. The fourth-order valence-corrected chi connectivity index (χ4v) is 5.38. The monoisotopic (exact) mass is 388 g/mol. The maximum Gasteiger partial charge on any atom is 0.241 e. The minimum atomic E-state index is -0.945. The van der Waals surface area contributed by atoms with Crippen LogP contribution in [-0.2, 0) is 14.3 Å². The van der Waals surface area contributed by atoms with Crippen LogP contribution in [-0.4, -0.2) is 34.7 Å². The standard InChI is InChI=1S/C23H20N2O4/c1-2-22-9-10-23(29-22,11-12-26)19-18(22)20(27)25(21(19)28)17-8-7-14(13-24)15-5-3-4-6-16(15)17/h3-10,18-19,26H,2,11-12H2,1H3/t18?,19-,22-,23-/m0/s1. The van der Waals surface area contributed by atoms with Gasteiger partial charge in [0.05, 0.1) is 34.8 Å². The van der Waals surface area contributed by atoms with Crippen LogP contribution in [0.15, 0.2) is 48.6 Å². The van der Waals surface area contributed by atoms with E-state index in [1.807, 2.05) is 43.3 Å². The summed E-state index contributed by atoms with van der Waals surface area (Å²) in [5, 5.41) is 20.4. The summed E-state index contributed by atoms with van der Waals surface area (Å²) in [6, 6.07) is 12.8. The number of rotatable bonds is 4. The van der Waals surface area contributed by atoms with Crippen molar-refractivity contribution in [3.05, 3.63) is 54.1 Å². The third-order valence-corrected chi connectivity index (χ3v) is 6.70. The highest BCUT2D eigenvalue weighted by molar-refractivity contribution is 6.26. The van der Waals surface area contributed by atoms with Crippen molar-refractivity contribution in [3.63, 3.8) is 0 Å². The van der Waals surface area contributed by atoms with Gasteiger partial charge in [-0.3, -0.25) is 9.59 Å². The topological polar surface area (TPSA) is 90.6 Å². The van der Waals surface area contributed by atoms with E-state index in [1.54, 1.807) is 12.1 Å². The minimum absolute atomic E-state index is 0.130. The quantitative estimate of drug-likeness (QED) is 0.642. The van der Waals surface area contributed by atoms with Crippen LogP contribution in [0.1, 0.15) is 25.3 Å². The van der Waals surface area contributed by atoms with Crippen LogP contribution in [0, 0.1) is 23.2 Å². The van der Waals surface area contributed by atoms with E-state index in [4.69, 9.17) is 4.74 Å². The Labute approximate surface area is 168 Å². The second-order valence-corrected chi connectivity index (χ2v) is 7.93. The van der Waals surface area contributed by atoms with Crippen molar-refractivity contribution in [2.24, 2.45) is 11.8 Å². The average Bonchev–Trinajstić information content (AvgIpc) is 3.34. The molecule has 3 aliphatic heterocycles. The molecule has 5 rings (SSSR count). The molecule has 0 radical (unpaired) electrons. The molecular weight excluding hydrogens is 368 g/mol. The molecule has 2 bridgehead atoms. The molecule has 29 heavy (non-hydrogen) atoms. The van der Waals surface area contributed by atoms with E-state index in [2.05, 4.69) is 6.07 Å². The summed E-state index contributed by atoms with van der Waals surface area (Å²) >= 11 is 0. The summed E-state index contributed by atoms with van der Waals surface area (Å²) in [5.41, 5.74) is -0.771. The van der Waals surface area contributed by atoms with E-state index in [1.165, 1.54) is 4.90 Å². The van der Waals surface area contributed by atoms with E-state index < -0.39 is 23.0 Å². The molecule has 146 valence electrons. The molecule has 2 fully saturated rings. The number of anilines is 1. The Bertz CT molecular complexity index is 1130. The van der Waals surface area contributed by atoms with Crippen LogP contribution < -0.4 is 4.90 Å². The van der Waals surface area contributed by atoms with E-state index in [0.717, 1.165) is 0 Å². The van der Waals surface area contributed by atoms with Crippen molar-refractivity contribution in [1.29, 1.82) is 5.26 Å². The lowest BCUT2D eigenvalue weighted by molar-refractivity contribution is -0.130. The normalized spacial score (nSPS) is 32.2. The number of fused-ring (bicyclic) bond motifs is 6. The molecule has 1 N–H and O–H groups in total. The van der Waals surface area contributed by atoms with Crippen molar-refractivity contribution < 1.29 is 19.4 Å². The molecule has 3 aliphatic rings. The number of hydrogen-bond donors (Lipinski definition) is 1. The largest absolute Gasteiger partial charge is 0.396 e. The molecule has 0 spiro atoms. The molecular formula is C23H20N2O4. The summed E-state index contributed by atoms with van der Waals surface area (Å²) in [7, 11) is 0. The summed E-state index contributed by atoms with van der Waals surface area (Å²) < 4.78 is 6.27. The first-order valence-electron chi connectivity index (χ1n) is 9.83. The van der Waals surface area contributed by atoms with Crippen LogP contribution in [0.4, 0.5) is 5.69 Å². The summed E-state index contributed by atoms with van der Waals surface area (Å²) in [4.78, 5) is 28.4. The summed E-state index contributed by atoms with van der Waals surface area (Å²) in [6.07, 6.45) is 4.60. The van der Waals surface area contributed by atoms with Gasteiger partial charge < -0.3 is 9.84 Å². The van der Waals surface area contributed by atoms with Crippen molar-refractivity contribution in [2.45, 2.75) is 31.0 Å². The van der Waals surface area contributed by atoms with Gasteiger partial charge in [0.2, 0.25) is 11.8 Å². The van der Waals surface area contributed by atoms with Crippen molar-refractivity contribution in [3.8, 4) is 6.07 Å². The van der Waals surface area contributed by atoms with Gasteiger partial charge in [0, 0.05) is 23.8 Å². The number of amides is 2. The number of benzene rings is 2. The van der Waals surface area contributed by atoms with Crippen molar-refractivity contribution in [1.82, 2.24) is 0 Å². The maximum absolute atomic E-state index is 13.6. The number of aliphatic hydroxyl groups excluding tert-OH is 1. The van der Waals surface area contributed by atoms with Gasteiger partial charge in [-0.1, -0.05) is 43.3 Å². The van der Waals surface area contributed by atoms with Crippen molar-refractivity contribution >= 4 is 28.3 Å². The van der Waals surface area contributed by atoms with Crippen LogP contribution >= 0.6 is 0 Å². The number of carbonyl (C=O) groups is 2. The lowest BCUT2D eigenvalue weighted by atomic mass is 9.70. The van der Waals surface area contributed by atoms with Gasteiger partial charge in [-0.25, -0.2) is 4.90 Å². The molecule has 2 aromatic carbocycles. The lowest BCUT2D eigenvalue weighted by Crippen LogP contribution is -2.41. The SMILES string of the molecule is CC[C@@]12C=C[C@@](CCO)(O1)[C@@H]1C(=O)N(c3ccc(C#N)c4ccccc34)C(=O)C12. The first-order valence-corrected chi connectivity index (χ1v) is 9.83. The molecule has 2 aromatic rings. The van der Waals surface area contributed by atoms with Gasteiger partial charge in [-0.2, -0.15) is 5.26 Å².